The molecule has 1 saturated heterocycles. The number of piperidine rings is 1. The minimum Gasteiger partial charge on any atom is -0.338 e. The van der Waals surface area contributed by atoms with Gasteiger partial charge in [-0.2, -0.15) is 5.10 Å². The quantitative estimate of drug-likeness (QED) is 0.827. The molecule has 2 aliphatic rings. The number of carbonyl (C=O) groups is 1. The molecule has 0 saturated carbocycles. The minimum atomic E-state index is 0.0742. The van der Waals surface area contributed by atoms with E-state index < -0.39 is 0 Å². The summed E-state index contributed by atoms with van der Waals surface area (Å²) in [5, 5.41) is 10.0. The zero-order valence-electron chi connectivity index (χ0n) is 13.9. The summed E-state index contributed by atoms with van der Waals surface area (Å²) >= 11 is 0. The number of nitrogens with zero attached hydrogens (tertiary/aromatic N) is 2. The van der Waals surface area contributed by atoms with Crippen molar-refractivity contribution in [2.45, 2.75) is 63.8 Å². The van der Waals surface area contributed by atoms with Gasteiger partial charge in [-0.15, -0.1) is 0 Å². The third-order valence-corrected chi connectivity index (χ3v) is 5.03. The first-order valence-electron chi connectivity index (χ1n) is 9.05. The van der Waals surface area contributed by atoms with E-state index >= 15 is 0 Å². The lowest BCUT2D eigenvalue weighted by atomic mass is 9.98. The normalized spacial score (nSPS) is 22.3. The number of carbonyl (C=O) groups excluding carboxylic acids is 1. The number of aromatic amines is 1. The second-order valence-electron chi connectivity index (χ2n) is 6.68. The third kappa shape index (κ3) is 4.36. The highest BCUT2D eigenvalue weighted by atomic mass is 16.2. The van der Waals surface area contributed by atoms with Gasteiger partial charge in [0.25, 0.3) is 0 Å². The lowest BCUT2D eigenvalue weighted by molar-refractivity contribution is 0.151. The maximum Gasteiger partial charge on any atom is 0.317 e. The topological polar surface area (TPSA) is 61.0 Å². The fraction of sp³-hybridized carbons (Fsp3) is 0.667. The molecule has 2 amide bonds. The Balaban J connectivity index is 1.51. The van der Waals surface area contributed by atoms with Crippen molar-refractivity contribution >= 4 is 6.03 Å². The van der Waals surface area contributed by atoms with Crippen molar-refractivity contribution in [1.29, 1.82) is 0 Å². The van der Waals surface area contributed by atoms with Crippen LogP contribution in [-0.4, -0.2) is 34.2 Å². The molecule has 0 spiro atoms. The number of amides is 2. The Morgan fingerprint density at radius 2 is 2.26 bits per heavy atom. The Bertz CT molecular complexity index is 523. The van der Waals surface area contributed by atoms with Gasteiger partial charge in [0.05, 0.1) is 12.2 Å². The molecule has 1 aromatic rings. The maximum atomic E-state index is 12.6. The van der Waals surface area contributed by atoms with E-state index in [4.69, 9.17) is 0 Å². The molecule has 3 rings (SSSR count). The van der Waals surface area contributed by atoms with Crippen molar-refractivity contribution in [3.63, 3.8) is 0 Å². The molecule has 0 radical (unpaired) electrons. The Labute approximate surface area is 138 Å². The highest BCUT2D eigenvalue weighted by molar-refractivity contribution is 5.74. The summed E-state index contributed by atoms with van der Waals surface area (Å²) in [6.07, 6.45) is 16.8. The number of rotatable bonds is 4. The Kier molecular flexibility index (Phi) is 5.72. The average Bonchev–Trinajstić information content (AvgIpc) is 2.99. The summed E-state index contributed by atoms with van der Waals surface area (Å²) in [5.41, 5.74) is 2.64. The number of nitrogens with one attached hydrogen (secondary N) is 2. The second kappa shape index (κ2) is 8.18. The van der Waals surface area contributed by atoms with E-state index in [9.17, 15) is 4.79 Å². The Morgan fingerprint density at radius 1 is 1.30 bits per heavy atom. The van der Waals surface area contributed by atoms with Crippen LogP contribution in [0.4, 0.5) is 4.79 Å². The first-order valence-corrected chi connectivity index (χ1v) is 9.05. The summed E-state index contributed by atoms with van der Waals surface area (Å²) in [5.74, 6) is 0. The predicted molar refractivity (Wildman–Crippen MR) is 91.1 cm³/mol. The summed E-state index contributed by atoms with van der Waals surface area (Å²) in [6.45, 7) is 1.59. The predicted octanol–water partition coefficient (Wildman–Crippen LogP) is 3.93. The number of hydrogen-bond acceptors (Lipinski definition) is 2. The fourth-order valence-electron chi connectivity index (χ4n) is 3.70. The van der Waals surface area contributed by atoms with Gasteiger partial charge in [-0.1, -0.05) is 18.1 Å². The van der Waals surface area contributed by atoms with Gasteiger partial charge < -0.3 is 10.2 Å². The summed E-state index contributed by atoms with van der Waals surface area (Å²) in [7, 11) is 0. The monoisotopic (exact) mass is 316 g/mol. The summed E-state index contributed by atoms with van der Waals surface area (Å²) < 4.78 is 0. The second-order valence-corrected chi connectivity index (χ2v) is 6.68. The van der Waals surface area contributed by atoms with Gasteiger partial charge in [0, 0.05) is 24.8 Å². The van der Waals surface area contributed by atoms with E-state index in [0.29, 0.717) is 0 Å². The first-order chi connectivity index (χ1) is 11.3. The van der Waals surface area contributed by atoms with Gasteiger partial charge in [-0.05, 0) is 51.4 Å². The van der Waals surface area contributed by atoms with Gasteiger partial charge >= 0.3 is 6.03 Å². The molecule has 2 N–H and O–H groups in total. The maximum absolute atomic E-state index is 12.6. The van der Waals surface area contributed by atoms with Crippen LogP contribution in [0.1, 0.15) is 69.4 Å². The molecule has 23 heavy (non-hydrogen) atoms. The molecule has 0 bridgehead atoms. The van der Waals surface area contributed by atoms with Crippen LogP contribution in [0, 0.1) is 0 Å². The van der Waals surface area contributed by atoms with Crippen LogP contribution in [-0.2, 0) is 0 Å². The number of hydrogen-bond donors (Lipinski definition) is 2. The van der Waals surface area contributed by atoms with Gasteiger partial charge in [0.15, 0.2) is 0 Å². The minimum absolute atomic E-state index is 0.0742. The van der Waals surface area contributed by atoms with Crippen LogP contribution < -0.4 is 5.32 Å². The standard InChI is InChI=1S/C18H28N4O/c23-18(19-11-10-15-7-3-1-2-4-8-15)22-12-6-5-9-17(22)16-13-20-21-14-16/h7,13-14,17H,1-6,8-12H2,(H,19,23)(H,20,21). The summed E-state index contributed by atoms with van der Waals surface area (Å²) in [6, 6.07) is 0.240. The number of likely N-dealkylation sites (tertiary alicyclic amines) is 1. The van der Waals surface area contributed by atoms with Gasteiger partial charge in [-0.25, -0.2) is 4.79 Å². The Morgan fingerprint density at radius 3 is 3.13 bits per heavy atom. The fourth-order valence-corrected chi connectivity index (χ4v) is 3.70. The lowest BCUT2D eigenvalue weighted by Gasteiger charge is -2.35. The molecular weight excluding hydrogens is 288 g/mol. The van der Waals surface area contributed by atoms with E-state index in [1.54, 1.807) is 0 Å². The molecule has 2 heterocycles. The van der Waals surface area contributed by atoms with Crippen LogP contribution >= 0.6 is 0 Å². The van der Waals surface area contributed by atoms with Crippen molar-refractivity contribution in [1.82, 2.24) is 20.4 Å². The number of allylic oxidation sites excluding steroid dienone is 1. The highest BCUT2D eigenvalue weighted by Crippen LogP contribution is 2.30. The zero-order chi connectivity index (χ0) is 15.9. The van der Waals surface area contributed by atoms with Crippen molar-refractivity contribution in [2.24, 2.45) is 0 Å². The molecule has 5 nitrogen and oxygen atoms in total. The van der Waals surface area contributed by atoms with Crippen LogP contribution in [0.3, 0.4) is 0 Å². The molecule has 1 aliphatic carbocycles. The van der Waals surface area contributed by atoms with Crippen molar-refractivity contribution < 1.29 is 4.79 Å². The SMILES string of the molecule is O=C(NCCC1=CCCCCC1)N1CCCCC1c1cn[nH]c1. The van der Waals surface area contributed by atoms with E-state index in [0.717, 1.165) is 37.9 Å². The molecular formula is C18H28N4O. The van der Waals surface area contributed by atoms with Crippen molar-refractivity contribution in [3.8, 4) is 0 Å². The zero-order valence-corrected chi connectivity index (χ0v) is 13.9. The van der Waals surface area contributed by atoms with E-state index in [1.807, 2.05) is 17.3 Å². The van der Waals surface area contributed by atoms with Crippen LogP contribution in [0.15, 0.2) is 24.0 Å². The molecule has 1 aromatic heterocycles. The smallest absolute Gasteiger partial charge is 0.317 e. The summed E-state index contributed by atoms with van der Waals surface area (Å²) in [4.78, 5) is 14.6. The van der Waals surface area contributed by atoms with Crippen LogP contribution in [0.5, 0.6) is 0 Å². The van der Waals surface area contributed by atoms with E-state index in [2.05, 4.69) is 21.6 Å². The molecule has 1 fully saturated rings. The molecule has 1 unspecified atom stereocenters. The van der Waals surface area contributed by atoms with Crippen molar-refractivity contribution in [2.75, 3.05) is 13.1 Å². The van der Waals surface area contributed by atoms with E-state index in [-0.39, 0.29) is 12.1 Å². The van der Waals surface area contributed by atoms with Gasteiger partial charge in [0.1, 0.15) is 0 Å². The first kappa shape index (κ1) is 16.1. The third-order valence-electron chi connectivity index (χ3n) is 5.03. The lowest BCUT2D eigenvalue weighted by Crippen LogP contribution is -2.44. The van der Waals surface area contributed by atoms with Crippen molar-refractivity contribution in [3.05, 3.63) is 29.6 Å². The highest BCUT2D eigenvalue weighted by Gasteiger charge is 2.28. The molecule has 1 atom stereocenters. The molecule has 1 aliphatic heterocycles. The largest absolute Gasteiger partial charge is 0.338 e. The van der Waals surface area contributed by atoms with Crippen LogP contribution in [0.25, 0.3) is 0 Å². The average molecular weight is 316 g/mol. The van der Waals surface area contributed by atoms with Crippen LogP contribution in [0.2, 0.25) is 0 Å². The number of urea groups is 1. The molecule has 0 aromatic carbocycles. The molecule has 5 heteroatoms. The Hall–Kier alpha value is -1.78. The van der Waals surface area contributed by atoms with E-state index in [1.165, 1.54) is 44.1 Å². The molecule has 126 valence electrons. The number of H-pyrrole nitrogens is 1. The van der Waals surface area contributed by atoms with Gasteiger partial charge in [-0.3, -0.25) is 5.10 Å². The van der Waals surface area contributed by atoms with Gasteiger partial charge in [0.2, 0.25) is 0 Å². The number of aromatic nitrogens is 2.